The van der Waals surface area contributed by atoms with E-state index >= 15 is 0 Å². The van der Waals surface area contributed by atoms with E-state index in [2.05, 4.69) is 16.8 Å². The quantitative estimate of drug-likeness (QED) is 0.475. The first-order valence-electron chi connectivity index (χ1n) is 10.9. The van der Waals surface area contributed by atoms with Gasteiger partial charge in [-0.1, -0.05) is 36.1 Å². The zero-order valence-corrected chi connectivity index (χ0v) is 18.1. The first-order valence-corrected chi connectivity index (χ1v) is 10.9. The fourth-order valence-corrected chi connectivity index (χ4v) is 3.57. The van der Waals surface area contributed by atoms with Crippen LogP contribution in [0.4, 0.5) is 0 Å². The third-order valence-corrected chi connectivity index (χ3v) is 5.62. The van der Waals surface area contributed by atoms with Crippen molar-refractivity contribution in [3.8, 4) is 28.7 Å². The van der Waals surface area contributed by atoms with E-state index in [0.717, 1.165) is 35.3 Å². The Labute approximate surface area is 188 Å². The number of nitrogens with zero attached hydrogens (tertiary/aromatic N) is 2. The summed E-state index contributed by atoms with van der Waals surface area (Å²) in [5, 5.41) is 29.5. The van der Waals surface area contributed by atoms with Crippen molar-refractivity contribution in [2.75, 3.05) is 13.2 Å². The number of hydrogen-bond acceptors (Lipinski definition) is 5. The van der Waals surface area contributed by atoms with Crippen molar-refractivity contribution in [3.63, 3.8) is 0 Å². The SMILES string of the molecule is C[C@H](O)c1nccn1[C@@H](C#Cc1ccc(-c2ccc(OC[C@H](O)C3CC3)cc2)cc1)CO. The highest BCUT2D eigenvalue weighted by molar-refractivity contribution is 5.65. The van der Waals surface area contributed by atoms with Gasteiger partial charge in [-0.15, -0.1) is 0 Å². The molecule has 0 bridgehead atoms. The summed E-state index contributed by atoms with van der Waals surface area (Å²) >= 11 is 0. The van der Waals surface area contributed by atoms with Crippen LogP contribution < -0.4 is 4.74 Å². The second kappa shape index (κ2) is 10.0. The second-order valence-electron chi connectivity index (χ2n) is 8.15. The van der Waals surface area contributed by atoms with E-state index in [9.17, 15) is 15.3 Å². The smallest absolute Gasteiger partial charge is 0.138 e. The third kappa shape index (κ3) is 5.38. The lowest BCUT2D eigenvalue weighted by atomic mass is 10.0. The monoisotopic (exact) mass is 432 g/mol. The molecule has 1 heterocycles. The lowest BCUT2D eigenvalue weighted by Gasteiger charge is -2.14. The molecule has 166 valence electrons. The fraction of sp³-hybridized carbons (Fsp3) is 0.346. The van der Waals surface area contributed by atoms with Crippen LogP contribution >= 0.6 is 0 Å². The molecular formula is C26H28N2O4. The second-order valence-corrected chi connectivity index (χ2v) is 8.15. The molecule has 1 aliphatic rings. The average Bonchev–Trinajstić information content (AvgIpc) is 3.55. The van der Waals surface area contributed by atoms with Crippen LogP contribution in [0.25, 0.3) is 11.1 Å². The fourth-order valence-electron chi connectivity index (χ4n) is 3.57. The Morgan fingerprint density at radius 2 is 1.72 bits per heavy atom. The van der Waals surface area contributed by atoms with Crippen LogP contribution in [0.5, 0.6) is 5.75 Å². The van der Waals surface area contributed by atoms with Crippen molar-refractivity contribution in [3.05, 3.63) is 72.3 Å². The summed E-state index contributed by atoms with van der Waals surface area (Å²) in [7, 11) is 0. The molecule has 1 aromatic heterocycles. The van der Waals surface area contributed by atoms with Crippen LogP contribution in [0.3, 0.4) is 0 Å². The zero-order valence-electron chi connectivity index (χ0n) is 18.1. The Morgan fingerprint density at radius 1 is 1.06 bits per heavy atom. The number of ether oxygens (including phenoxy) is 1. The number of imidazole rings is 1. The third-order valence-electron chi connectivity index (χ3n) is 5.62. The molecule has 0 amide bonds. The average molecular weight is 433 g/mol. The van der Waals surface area contributed by atoms with Gasteiger partial charge in [0.1, 0.15) is 30.3 Å². The van der Waals surface area contributed by atoms with Gasteiger partial charge in [0.05, 0.1) is 12.7 Å². The molecule has 0 spiro atoms. The minimum absolute atomic E-state index is 0.173. The number of aromatic nitrogens is 2. The number of benzene rings is 2. The Morgan fingerprint density at radius 3 is 2.31 bits per heavy atom. The normalized spacial score (nSPS) is 16.0. The van der Waals surface area contributed by atoms with Gasteiger partial charge in [-0.2, -0.15) is 0 Å². The molecule has 6 heteroatoms. The first-order chi connectivity index (χ1) is 15.5. The van der Waals surface area contributed by atoms with E-state index in [0.29, 0.717) is 18.3 Å². The Hall–Kier alpha value is -3.11. The molecular weight excluding hydrogens is 404 g/mol. The zero-order chi connectivity index (χ0) is 22.5. The van der Waals surface area contributed by atoms with Crippen LogP contribution in [0.15, 0.2) is 60.9 Å². The molecule has 32 heavy (non-hydrogen) atoms. The number of aliphatic hydroxyl groups excluding tert-OH is 3. The Kier molecular flexibility index (Phi) is 6.91. The molecule has 3 atom stereocenters. The van der Waals surface area contributed by atoms with Crippen LogP contribution in [-0.4, -0.2) is 44.2 Å². The van der Waals surface area contributed by atoms with Crippen molar-refractivity contribution in [2.24, 2.45) is 5.92 Å². The Balaban J connectivity index is 1.40. The summed E-state index contributed by atoms with van der Waals surface area (Å²) in [5.41, 5.74) is 2.96. The summed E-state index contributed by atoms with van der Waals surface area (Å²) in [6, 6.07) is 15.2. The minimum atomic E-state index is -0.736. The summed E-state index contributed by atoms with van der Waals surface area (Å²) in [4.78, 5) is 4.13. The van der Waals surface area contributed by atoms with Gasteiger partial charge in [0.15, 0.2) is 0 Å². The summed E-state index contributed by atoms with van der Waals surface area (Å²) in [5.74, 6) is 7.79. The predicted octanol–water partition coefficient (Wildman–Crippen LogP) is 3.34. The van der Waals surface area contributed by atoms with E-state index < -0.39 is 12.1 Å². The molecule has 3 N–H and O–H groups in total. The standard InChI is InChI=1S/C26H28N2O4/c1-18(30)26-27-14-15-28(26)23(16-29)11-4-19-2-5-20(6-3-19)21-9-12-24(13-10-21)32-17-25(31)22-7-8-22/h2-3,5-6,9-10,12-15,18,22-23,25,29-31H,7-8,16-17H2,1H3/t18-,23-,25-/m0/s1. The van der Waals surface area contributed by atoms with Gasteiger partial charge in [0.2, 0.25) is 0 Å². The van der Waals surface area contributed by atoms with E-state index in [1.807, 2.05) is 48.5 Å². The lowest BCUT2D eigenvalue weighted by Crippen LogP contribution is -2.19. The molecule has 2 aromatic carbocycles. The van der Waals surface area contributed by atoms with Crippen molar-refractivity contribution in [1.82, 2.24) is 9.55 Å². The molecule has 1 fully saturated rings. The van der Waals surface area contributed by atoms with E-state index in [1.165, 1.54) is 0 Å². The van der Waals surface area contributed by atoms with Crippen LogP contribution in [-0.2, 0) is 0 Å². The van der Waals surface area contributed by atoms with Crippen molar-refractivity contribution >= 4 is 0 Å². The molecule has 1 aliphatic carbocycles. The molecule has 3 aromatic rings. The van der Waals surface area contributed by atoms with Crippen molar-refractivity contribution in [2.45, 2.75) is 38.0 Å². The maximum atomic E-state index is 9.93. The molecule has 6 nitrogen and oxygen atoms in total. The highest BCUT2D eigenvalue weighted by Crippen LogP contribution is 2.33. The largest absolute Gasteiger partial charge is 0.491 e. The topological polar surface area (TPSA) is 87.7 Å². The maximum absolute atomic E-state index is 9.93. The van der Waals surface area contributed by atoms with Gasteiger partial charge in [-0.25, -0.2) is 4.98 Å². The number of rotatable bonds is 8. The van der Waals surface area contributed by atoms with E-state index in [1.54, 1.807) is 23.9 Å². The predicted molar refractivity (Wildman–Crippen MR) is 122 cm³/mol. The first kappa shape index (κ1) is 22.1. The van der Waals surface area contributed by atoms with E-state index in [-0.39, 0.29) is 12.7 Å². The number of hydrogen-bond donors (Lipinski definition) is 3. The summed E-state index contributed by atoms with van der Waals surface area (Å²) in [6.45, 7) is 1.80. The maximum Gasteiger partial charge on any atom is 0.138 e. The molecule has 1 saturated carbocycles. The molecule has 0 radical (unpaired) electrons. The summed E-state index contributed by atoms with van der Waals surface area (Å²) < 4.78 is 7.38. The minimum Gasteiger partial charge on any atom is -0.491 e. The van der Waals surface area contributed by atoms with Gasteiger partial charge in [0.25, 0.3) is 0 Å². The highest BCUT2D eigenvalue weighted by Gasteiger charge is 2.30. The van der Waals surface area contributed by atoms with Gasteiger partial charge in [0, 0.05) is 18.0 Å². The highest BCUT2D eigenvalue weighted by atomic mass is 16.5. The molecule has 0 unspecified atom stereocenters. The molecule has 0 aliphatic heterocycles. The van der Waals surface area contributed by atoms with Gasteiger partial charge >= 0.3 is 0 Å². The van der Waals surface area contributed by atoms with Crippen LogP contribution in [0.1, 0.15) is 43.3 Å². The number of aliphatic hydroxyl groups is 3. The van der Waals surface area contributed by atoms with Crippen molar-refractivity contribution in [1.29, 1.82) is 0 Å². The molecule has 0 saturated heterocycles. The summed E-state index contributed by atoms with van der Waals surface area (Å²) in [6.07, 6.45) is 4.38. The Bertz CT molecular complexity index is 1070. The van der Waals surface area contributed by atoms with Gasteiger partial charge in [-0.3, -0.25) is 0 Å². The lowest BCUT2D eigenvalue weighted by molar-refractivity contribution is 0.0894. The van der Waals surface area contributed by atoms with Crippen LogP contribution in [0.2, 0.25) is 0 Å². The van der Waals surface area contributed by atoms with Gasteiger partial charge in [-0.05, 0) is 61.1 Å². The van der Waals surface area contributed by atoms with Crippen molar-refractivity contribution < 1.29 is 20.1 Å². The molecule has 4 rings (SSSR count). The van der Waals surface area contributed by atoms with E-state index in [4.69, 9.17) is 4.74 Å². The van der Waals surface area contributed by atoms with Crippen LogP contribution in [0, 0.1) is 17.8 Å². The van der Waals surface area contributed by atoms with Gasteiger partial charge < -0.3 is 24.6 Å².